The maximum Gasteiger partial charge on any atom is 0.410 e. The van der Waals surface area contributed by atoms with Gasteiger partial charge in [-0.05, 0) is 55.5 Å². The molecule has 4 rings (SSSR count). The SMILES string of the molecule is Cc1cc(-c2ccc(C(C)N3CCC(CCN4CCCS4)OC3=O)cc2)ccn1. The zero-order valence-corrected chi connectivity index (χ0v) is 18.0. The number of hydrogen-bond donors (Lipinski definition) is 0. The van der Waals surface area contributed by atoms with E-state index in [-0.39, 0.29) is 18.2 Å². The van der Waals surface area contributed by atoms with E-state index in [1.54, 1.807) is 0 Å². The number of aryl methyl sites for hydroxylation is 1. The molecule has 2 aliphatic heterocycles. The number of hydrogen-bond acceptors (Lipinski definition) is 5. The normalized spacial score (nSPS) is 21.2. The highest BCUT2D eigenvalue weighted by Crippen LogP contribution is 2.29. The maximum atomic E-state index is 12.6. The van der Waals surface area contributed by atoms with Crippen LogP contribution in [0.15, 0.2) is 42.6 Å². The molecule has 0 N–H and O–H groups in total. The van der Waals surface area contributed by atoms with Crippen LogP contribution in [0.25, 0.3) is 11.1 Å². The van der Waals surface area contributed by atoms with E-state index in [2.05, 4.69) is 46.5 Å². The summed E-state index contributed by atoms with van der Waals surface area (Å²) in [4.78, 5) is 18.7. The summed E-state index contributed by atoms with van der Waals surface area (Å²) in [5.41, 5.74) is 4.46. The highest BCUT2D eigenvalue weighted by molar-refractivity contribution is 7.97. The molecule has 5 nitrogen and oxygen atoms in total. The quantitative estimate of drug-likeness (QED) is 0.621. The molecule has 1 aromatic carbocycles. The molecule has 3 heterocycles. The number of carbonyl (C=O) groups is 1. The van der Waals surface area contributed by atoms with E-state index >= 15 is 0 Å². The highest BCUT2D eigenvalue weighted by atomic mass is 32.2. The van der Waals surface area contributed by atoms with Gasteiger partial charge in [-0.1, -0.05) is 36.2 Å². The van der Waals surface area contributed by atoms with E-state index < -0.39 is 0 Å². The standard InChI is InChI=1S/C23H29N3O2S/c1-17-16-21(8-11-24-17)20-6-4-19(5-7-20)18(2)26-14-10-22(28-23(26)27)9-13-25-12-3-15-29-25/h4-8,11,16,18,22H,3,9-10,12-15H2,1-2H3. The lowest BCUT2D eigenvalue weighted by molar-refractivity contribution is 0.00877. The Morgan fingerprint density at radius 1 is 1.21 bits per heavy atom. The fourth-order valence-corrected chi connectivity index (χ4v) is 5.03. The second-order valence-corrected chi connectivity index (χ2v) is 9.06. The predicted molar refractivity (Wildman–Crippen MR) is 118 cm³/mol. The fraction of sp³-hybridized carbons (Fsp3) is 0.478. The summed E-state index contributed by atoms with van der Waals surface area (Å²) in [5.74, 6) is 1.22. The lowest BCUT2D eigenvalue weighted by atomic mass is 10.0. The minimum Gasteiger partial charge on any atom is -0.446 e. The lowest BCUT2D eigenvalue weighted by Crippen LogP contribution is -2.43. The first-order valence-corrected chi connectivity index (χ1v) is 11.4. The largest absolute Gasteiger partial charge is 0.446 e. The number of cyclic esters (lactones) is 1. The molecule has 0 bridgehead atoms. The third kappa shape index (κ3) is 4.93. The van der Waals surface area contributed by atoms with Crippen molar-refractivity contribution in [2.75, 3.05) is 25.4 Å². The molecule has 2 aromatic rings. The van der Waals surface area contributed by atoms with Crippen molar-refractivity contribution in [2.45, 2.75) is 45.3 Å². The van der Waals surface area contributed by atoms with Crippen molar-refractivity contribution < 1.29 is 9.53 Å². The minimum absolute atomic E-state index is 0.00538. The smallest absolute Gasteiger partial charge is 0.410 e. The van der Waals surface area contributed by atoms with Crippen molar-refractivity contribution in [3.8, 4) is 11.1 Å². The van der Waals surface area contributed by atoms with Gasteiger partial charge in [-0.15, -0.1) is 0 Å². The Labute approximate surface area is 177 Å². The zero-order valence-electron chi connectivity index (χ0n) is 17.2. The topological polar surface area (TPSA) is 45.7 Å². The van der Waals surface area contributed by atoms with Gasteiger partial charge in [-0.25, -0.2) is 4.79 Å². The zero-order chi connectivity index (χ0) is 20.2. The molecule has 2 unspecified atom stereocenters. The molecule has 0 spiro atoms. The number of benzene rings is 1. The Hall–Kier alpha value is -2.05. The molecule has 154 valence electrons. The number of ether oxygens (including phenoxy) is 1. The number of nitrogens with zero attached hydrogens (tertiary/aromatic N) is 3. The number of pyridine rings is 1. The first-order valence-electron chi connectivity index (χ1n) is 10.5. The maximum absolute atomic E-state index is 12.6. The van der Waals surface area contributed by atoms with Crippen molar-refractivity contribution in [3.63, 3.8) is 0 Å². The average molecular weight is 412 g/mol. The van der Waals surface area contributed by atoms with E-state index in [9.17, 15) is 4.79 Å². The summed E-state index contributed by atoms with van der Waals surface area (Å²) in [6, 6.07) is 12.6. The second-order valence-electron chi connectivity index (χ2n) is 7.88. The summed E-state index contributed by atoms with van der Waals surface area (Å²) < 4.78 is 8.15. The average Bonchev–Trinajstić information content (AvgIpc) is 3.26. The van der Waals surface area contributed by atoms with Crippen LogP contribution in [0.4, 0.5) is 4.79 Å². The van der Waals surface area contributed by atoms with Crippen molar-refractivity contribution in [1.82, 2.24) is 14.2 Å². The van der Waals surface area contributed by atoms with Gasteiger partial charge in [-0.3, -0.25) is 9.29 Å². The molecule has 2 saturated heterocycles. The van der Waals surface area contributed by atoms with Crippen molar-refractivity contribution >= 4 is 18.0 Å². The van der Waals surface area contributed by atoms with E-state index in [0.717, 1.165) is 54.9 Å². The Morgan fingerprint density at radius 3 is 2.72 bits per heavy atom. The van der Waals surface area contributed by atoms with Crippen molar-refractivity contribution in [1.29, 1.82) is 0 Å². The van der Waals surface area contributed by atoms with E-state index in [0.29, 0.717) is 0 Å². The Kier molecular flexibility index (Phi) is 6.40. The number of carbonyl (C=O) groups excluding carboxylic acids is 1. The summed E-state index contributed by atoms with van der Waals surface area (Å²) in [6.45, 7) is 6.99. The molecule has 2 aliphatic rings. The first-order chi connectivity index (χ1) is 14.1. The van der Waals surface area contributed by atoms with Crippen LogP contribution in [0, 0.1) is 6.92 Å². The molecule has 0 radical (unpaired) electrons. The monoisotopic (exact) mass is 411 g/mol. The van der Waals surface area contributed by atoms with E-state index in [1.165, 1.54) is 12.2 Å². The lowest BCUT2D eigenvalue weighted by Gasteiger charge is -2.36. The van der Waals surface area contributed by atoms with Crippen molar-refractivity contribution in [2.24, 2.45) is 0 Å². The molecule has 0 saturated carbocycles. The molecule has 1 aromatic heterocycles. The third-order valence-corrected chi connectivity index (χ3v) is 7.01. The van der Waals surface area contributed by atoms with Crippen LogP contribution in [0.2, 0.25) is 0 Å². The predicted octanol–water partition coefficient (Wildman–Crippen LogP) is 5.07. The van der Waals surface area contributed by atoms with Crippen LogP contribution in [-0.4, -0.2) is 51.8 Å². The van der Waals surface area contributed by atoms with E-state index in [1.807, 2.05) is 36.0 Å². The van der Waals surface area contributed by atoms with Crippen LogP contribution in [0.5, 0.6) is 0 Å². The molecular weight excluding hydrogens is 382 g/mol. The second kappa shape index (κ2) is 9.18. The van der Waals surface area contributed by atoms with Crippen LogP contribution in [0.3, 0.4) is 0 Å². The van der Waals surface area contributed by atoms with Crippen LogP contribution in [0.1, 0.15) is 43.5 Å². The summed E-state index contributed by atoms with van der Waals surface area (Å²) in [7, 11) is 0. The van der Waals surface area contributed by atoms with Gasteiger partial charge in [0.2, 0.25) is 0 Å². The van der Waals surface area contributed by atoms with Crippen molar-refractivity contribution in [3.05, 3.63) is 53.9 Å². The Morgan fingerprint density at radius 2 is 2.03 bits per heavy atom. The number of rotatable bonds is 6. The van der Waals surface area contributed by atoms with Crippen LogP contribution < -0.4 is 0 Å². The Bertz CT molecular complexity index is 836. The fourth-order valence-electron chi connectivity index (χ4n) is 4.02. The summed E-state index contributed by atoms with van der Waals surface area (Å²) in [5, 5.41) is 0. The van der Waals surface area contributed by atoms with Gasteiger partial charge in [0.25, 0.3) is 0 Å². The molecular formula is C23H29N3O2S. The van der Waals surface area contributed by atoms with Gasteiger partial charge in [0.15, 0.2) is 0 Å². The molecule has 0 aliphatic carbocycles. The van der Waals surface area contributed by atoms with Gasteiger partial charge in [0.05, 0.1) is 6.04 Å². The number of aromatic nitrogens is 1. The van der Waals surface area contributed by atoms with Gasteiger partial charge < -0.3 is 9.64 Å². The van der Waals surface area contributed by atoms with Gasteiger partial charge in [-0.2, -0.15) is 0 Å². The van der Waals surface area contributed by atoms with Gasteiger partial charge in [0.1, 0.15) is 6.10 Å². The van der Waals surface area contributed by atoms with Gasteiger partial charge >= 0.3 is 6.09 Å². The van der Waals surface area contributed by atoms with Crippen LogP contribution >= 0.6 is 11.9 Å². The van der Waals surface area contributed by atoms with E-state index in [4.69, 9.17) is 4.74 Å². The highest BCUT2D eigenvalue weighted by Gasteiger charge is 2.31. The molecule has 2 atom stereocenters. The molecule has 2 fully saturated rings. The molecule has 29 heavy (non-hydrogen) atoms. The Balaban J connectivity index is 1.34. The number of amides is 1. The first kappa shape index (κ1) is 20.2. The summed E-state index contributed by atoms with van der Waals surface area (Å²) in [6.07, 6.45) is 4.80. The van der Waals surface area contributed by atoms with Crippen LogP contribution in [-0.2, 0) is 4.74 Å². The minimum atomic E-state index is -0.184. The van der Waals surface area contributed by atoms with Gasteiger partial charge in [0, 0.05) is 43.7 Å². The molecule has 6 heteroatoms. The third-order valence-electron chi connectivity index (χ3n) is 5.81. The summed E-state index contributed by atoms with van der Waals surface area (Å²) >= 11 is 1.91. The molecule has 1 amide bonds.